The lowest BCUT2D eigenvalue weighted by molar-refractivity contribution is 0.660. The first-order valence-corrected chi connectivity index (χ1v) is 47.7. The van der Waals surface area contributed by atoms with E-state index in [1.165, 1.54) is 127 Å². The van der Waals surface area contributed by atoms with Crippen LogP contribution in [0.5, 0.6) is 0 Å². The molecule has 0 atom stereocenters. The van der Waals surface area contributed by atoms with Crippen LogP contribution in [0.3, 0.4) is 0 Å². The number of nitriles is 1. The predicted octanol–water partition coefficient (Wildman–Crippen LogP) is 31.3. The number of hydrogen-bond acceptors (Lipinski definition) is 9. The van der Waals surface area contributed by atoms with E-state index in [1.807, 2.05) is 170 Å². The summed E-state index contributed by atoms with van der Waals surface area (Å²) in [7, 11) is 0. The van der Waals surface area contributed by atoms with Crippen molar-refractivity contribution in [2.45, 2.75) is 57.8 Å². The molecular weight excluding hydrogens is 1710 g/mol. The fourth-order valence-electron chi connectivity index (χ4n) is 21.9. The van der Waals surface area contributed by atoms with E-state index in [2.05, 4.69) is 328 Å². The van der Waals surface area contributed by atoms with Crippen molar-refractivity contribution in [2.75, 3.05) is 0 Å². The van der Waals surface area contributed by atoms with E-state index >= 15 is 0 Å². The highest BCUT2D eigenvalue weighted by molar-refractivity contribution is 6.20. The van der Waals surface area contributed by atoms with E-state index in [-0.39, 0.29) is 16.2 Å². The molecule has 0 fully saturated rings. The molecule has 0 N–H and O–H groups in total. The molecule has 0 radical (unpaired) electrons. The molecule has 0 aliphatic heterocycles. The monoisotopic (exact) mass is 1790 g/mol. The number of benzene rings is 18. The lowest BCUT2D eigenvalue weighted by Gasteiger charge is -2.21. The van der Waals surface area contributed by atoms with Gasteiger partial charge in [0.15, 0.2) is 40.8 Å². The van der Waals surface area contributed by atoms with Crippen LogP contribution >= 0.6 is 0 Å². The van der Waals surface area contributed by atoms with Gasteiger partial charge >= 0.3 is 0 Å². The first-order chi connectivity index (χ1) is 68.6. The van der Waals surface area contributed by atoms with Crippen LogP contribution in [-0.2, 0) is 16.2 Å². The highest BCUT2D eigenvalue weighted by Crippen LogP contribution is 2.57. The minimum atomic E-state index is -0.0746. The molecule has 662 valence electrons. The molecule has 6 aromatic heterocycles. The standard InChI is InChI=1S/C44H30N4.2C42H30N4/c1-44(2)37-20-8-6-18-33(37)35-25-42-36(24-38(35)44)34-19-7-9-21-41(34)48(42)32-17-11-16-31(23-32)43-46-39(29-13-4-3-5-14-29)26-40(47-43)30-15-10-12-28(22-30)27-45;1-42(2)33-22-11-9-20-31(33)37-34(42)24-25-36-38(37)32-21-10-12-23-35(32)46(36)30-19-13-18-29(26-30)41-44-39(27-14-5-3-6-15-27)43-40(45-41)28-16-7-4-8-17-28;1-42(2)33-19-11-9-17-31(33)37-34(42)25-26-36-38(37)32-18-10-12-20-35(32)46(36)30-23-21-29(22-24-30)41-44-39(27-13-5-3-6-14-27)43-40(45-41)28-15-7-4-8-16-28/h3-26H,1-2H3;2*3-26H,1-2H3. The number of hydrogen-bond donors (Lipinski definition) is 0. The molecule has 140 heavy (non-hydrogen) atoms. The van der Waals surface area contributed by atoms with Gasteiger partial charge in [-0.1, -0.05) is 369 Å². The van der Waals surface area contributed by atoms with E-state index in [4.69, 9.17) is 39.9 Å². The lowest BCUT2D eigenvalue weighted by Crippen LogP contribution is -2.14. The highest BCUT2D eigenvalue weighted by atomic mass is 15.1. The highest BCUT2D eigenvalue weighted by Gasteiger charge is 2.41. The van der Waals surface area contributed by atoms with E-state index in [0.717, 1.165) is 84.0 Å². The van der Waals surface area contributed by atoms with Crippen LogP contribution in [0.2, 0.25) is 0 Å². The maximum atomic E-state index is 9.59. The van der Waals surface area contributed by atoms with Crippen LogP contribution in [0.4, 0.5) is 0 Å². The average molecular weight is 1800 g/mol. The third kappa shape index (κ3) is 14.0. The van der Waals surface area contributed by atoms with Gasteiger partial charge in [0, 0.05) is 116 Å². The Hall–Kier alpha value is -18.1. The van der Waals surface area contributed by atoms with Crippen LogP contribution in [0.1, 0.15) is 80.5 Å². The van der Waals surface area contributed by atoms with Crippen molar-refractivity contribution in [3.8, 4) is 159 Å². The lowest BCUT2D eigenvalue weighted by atomic mass is 9.82. The van der Waals surface area contributed by atoms with E-state index in [1.54, 1.807) is 0 Å². The number of nitrogens with zero attached hydrogens (tertiary/aromatic N) is 12. The fraction of sp³-hybridized carbons (Fsp3) is 0.0703. The summed E-state index contributed by atoms with van der Waals surface area (Å²) in [6.45, 7) is 14.0. The minimum absolute atomic E-state index is 0.0489. The third-order valence-electron chi connectivity index (χ3n) is 28.7. The SMILES string of the molecule is CC1(C)c2ccccc2-c2c1ccc1c2c2ccccc2n1-c1ccc(-c2nc(-c3ccccc3)nc(-c3ccccc3)n2)cc1.CC1(C)c2ccccc2-c2c1ccc1c2c2ccccc2n1-c1cccc(-c2nc(-c3ccccc3)nc(-c3ccccc3)n2)c1.CC1(C)c2ccccc2-c2cc3c(cc21)c1ccccc1n3-c1cccc(-c2nc(-c3ccccc3)cc(-c3cccc(C#N)c3)n2)c1. The molecule has 27 rings (SSSR count). The van der Waals surface area contributed by atoms with Crippen LogP contribution in [0, 0.1) is 11.3 Å². The van der Waals surface area contributed by atoms with Crippen molar-refractivity contribution < 1.29 is 0 Å². The molecule has 0 amide bonds. The first-order valence-electron chi connectivity index (χ1n) is 47.7. The molecule has 0 bridgehead atoms. The predicted molar refractivity (Wildman–Crippen MR) is 571 cm³/mol. The second kappa shape index (κ2) is 33.5. The maximum absolute atomic E-state index is 9.59. The summed E-state index contributed by atoms with van der Waals surface area (Å²) in [4.78, 5) is 39.8. The Labute approximate surface area is 811 Å². The Morgan fingerprint density at radius 2 is 0.536 bits per heavy atom. The Kier molecular flexibility index (Phi) is 20.0. The molecule has 3 aliphatic carbocycles. The smallest absolute Gasteiger partial charge is 0.164 e. The molecule has 0 unspecified atom stereocenters. The zero-order valence-electron chi connectivity index (χ0n) is 77.9. The van der Waals surface area contributed by atoms with Gasteiger partial charge in [-0.2, -0.15) is 5.26 Å². The molecule has 0 saturated carbocycles. The zero-order chi connectivity index (χ0) is 94.1. The largest absolute Gasteiger partial charge is 0.309 e. The maximum Gasteiger partial charge on any atom is 0.164 e. The van der Waals surface area contributed by atoms with Gasteiger partial charge in [0.05, 0.1) is 56.1 Å². The normalized spacial score (nSPS) is 13.1. The summed E-state index contributed by atoms with van der Waals surface area (Å²) in [6.07, 6.45) is 0. The van der Waals surface area contributed by atoms with Crippen molar-refractivity contribution in [1.82, 2.24) is 53.6 Å². The number of rotatable bonds is 12. The van der Waals surface area contributed by atoms with Gasteiger partial charge in [0.1, 0.15) is 0 Å². The molecule has 24 aromatic rings. The quantitative estimate of drug-likeness (QED) is 0.117. The van der Waals surface area contributed by atoms with E-state index in [0.29, 0.717) is 46.3 Å². The van der Waals surface area contributed by atoms with Crippen molar-refractivity contribution >= 4 is 65.4 Å². The van der Waals surface area contributed by atoms with Gasteiger partial charge in [-0.05, 0) is 176 Å². The molecule has 12 nitrogen and oxygen atoms in total. The minimum Gasteiger partial charge on any atom is -0.309 e. The van der Waals surface area contributed by atoms with E-state index < -0.39 is 0 Å². The van der Waals surface area contributed by atoms with Crippen LogP contribution in [0.25, 0.3) is 218 Å². The Morgan fingerprint density at radius 1 is 0.200 bits per heavy atom. The molecule has 3 aliphatic rings. The number of para-hydroxylation sites is 3. The molecule has 6 heterocycles. The summed E-state index contributed by atoms with van der Waals surface area (Å²) in [6, 6.07) is 155. The summed E-state index contributed by atoms with van der Waals surface area (Å²) in [5.41, 5.74) is 37.1. The van der Waals surface area contributed by atoms with Crippen molar-refractivity contribution in [3.63, 3.8) is 0 Å². The summed E-state index contributed by atoms with van der Waals surface area (Å²) in [5, 5.41) is 17.2. The number of aromatic nitrogens is 11. The van der Waals surface area contributed by atoms with Gasteiger partial charge in [-0.15, -0.1) is 0 Å². The van der Waals surface area contributed by atoms with Gasteiger partial charge in [-0.25, -0.2) is 39.9 Å². The van der Waals surface area contributed by atoms with Crippen molar-refractivity contribution in [1.29, 1.82) is 5.26 Å². The molecule has 0 saturated heterocycles. The second-order valence-electron chi connectivity index (χ2n) is 38.0. The Balaban J connectivity index is 0.000000111. The van der Waals surface area contributed by atoms with E-state index in [9.17, 15) is 5.26 Å². The molecule has 18 aromatic carbocycles. The van der Waals surface area contributed by atoms with Gasteiger partial charge in [-0.3, -0.25) is 0 Å². The van der Waals surface area contributed by atoms with Gasteiger partial charge < -0.3 is 13.7 Å². The summed E-state index contributed by atoms with van der Waals surface area (Å²) < 4.78 is 7.15. The average Bonchev–Trinajstić information content (AvgIpc) is 1.55. The molecular formula is C128H90N12. The van der Waals surface area contributed by atoms with Crippen LogP contribution in [0.15, 0.2) is 437 Å². The van der Waals surface area contributed by atoms with Crippen LogP contribution < -0.4 is 0 Å². The first kappa shape index (κ1) is 83.8. The Morgan fingerprint density at radius 3 is 1.00 bits per heavy atom. The third-order valence-corrected chi connectivity index (χ3v) is 28.7. The van der Waals surface area contributed by atoms with Crippen molar-refractivity contribution in [2.24, 2.45) is 0 Å². The fourth-order valence-corrected chi connectivity index (χ4v) is 21.9. The topological polar surface area (TPSA) is 142 Å². The number of fused-ring (bicyclic) bond motifs is 20. The summed E-state index contributed by atoms with van der Waals surface area (Å²) in [5.74, 6) is 4.56. The second-order valence-corrected chi connectivity index (χ2v) is 38.0. The van der Waals surface area contributed by atoms with Crippen LogP contribution in [-0.4, -0.2) is 53.6 Å². The van der Waals surface area contributed by atoms with Gasteiger partial charge in [0.2, 0.25) is 0 Å². The zero-order valence-corrected chi connectivity index (χ0v) is 77.9. The summed E-state index contributed by atoms with van der Waals surface area (Å²) >= 11 is 0. The Bertz CT molecular complexity index is 9030. The van der Waals surface area contributed by atoms with Gasteiger partial charge in [0.25, 0.3) is 0 Å². The van der Waals surface area contributed by atoms with Crippen molar-refractivity contribution in [3.05, 3.63) is 476 Å². The molecule has 0 spiro atoms. The molecule has 12 heteroatoms.